The van der Waals surface area contributed by atoms with E-state index in [1.54, 1.807) is 0 Å². The second kappa shape index (κ2) is 11.1. The SMILES string of the molecule is C#CCNC(=NCCc1c(Cl)cccc1Cl)NCC.I. The van der Waals surface area contributed by atoms with E-state index in [0.717, 1.165) is 12.1 Å². The summed E-state index contributed by atoms with van der Waals surface area (Å²) in [5.41, 5.74) is 0.919. The number of halogens is 3. The van der Waals surface area contributed by atoms with Crippen LogP contribution in [0.3, 0.4) is 0 Å². The van der Waals surface area contributed by atoms with Crippen molar-refractivity contribution in [3.05, 3.63) is 33.8 Å². The van der Waals surface area contributed by atoms with Gasteiger partial charge in [0.25, 0.3) is 0 Å². The number of terminal acetylenes is 1. The molecule has 1 aromatic carbocycles. The molecule has 0 aliphatic heterocycles. The lowest BCUT2D eigenvalue weighted by molar-refractivity contribution is 0.855. The minimum atomic E-state index is 0. The van der Waals surface area contributed by atoms with Gasteiger partial charge in [-0.25, -0.2) is 0 Å². The Labute approximate surface area is 147 Å². The van der Waals surface area contributed by atoms with Gasteiger partial charge in [0.05, 0.1) is 6.54 Å². The number of rotatable bonds is 5. The molecule has 0 amide bonds. The van der Waals surface area contributed by atoms with E-state index in [1.807, 2.05) is 25.1 Å². The van der Waals surface area contributed by atoms with Crippen molar-refractivity contribution >= 4 is 53.1 Å². The van der Waals surface area contributed by atoms with Crippen molar-refractivity contribution in [2.24, 2.45) is 4.99 Å². The first kappa shape index (κ1) is 19.4. The zero-order chi connectivity index (χ0) is 14.1. The van der Waals surface area contributed by atoms with E-state index in [2.05, 4.69) is 21.5 Å². The molecule has 1 aromatic rings. The fourth-order valence-electron chi connectivity index (χ4n) is 1.53. The zero-order valence-corrected chi connectivity index (χ0v) is 15.1. The van der Waals surface area contributed by atoms with Gasteiger partial charge in [-0.1, -0.05) is 35.2 Å². The number of hydrogen-bond donors (Lipinski definition) is 2. The number of nitrogens with zero attached hydrogens (tertiary/aromatic N) is 1. The molecule has 20 heavy (non-hydrogen) atoms. The van der Waals surface area contributed by atoms with Crippen molar-refractivity contribution in [3.63, 3.8) is 0 Å². The Morgan fingerprint density at radius 1 is 1.30 bits per heavy atom. The van der Waals surface area contributed by atoms with Gasteiger partial charge in [0.15, 0.2) is 5.96 Å². The molecule has 0 bridgehead atoms. The van der Waals surface area contributed by atoms with Crippen molar-refractivity contribution in [3.8, 4) is 12.3 Å². The van der Waals surface area contributed by atoms with Crippen LogP contribution < -0.4 is 10.6 Å². The molecule has 3 nitrogen and oxygen atoms in total. The molecule has 2 N–H and O–H groups in total. The van der Waals surface area contributed by atoms with Crippen molar-refractivity contribution in [1.82, 2.24) is 10.6 Å². The van der Waals surface area contributed by atoms with Crippen LogP contribution in [-0.2, 0) is 6.42 Å². The summed E-state index contributed by atoms with van der Waals surface area (Å²) in [6, 6.07) is 5.48. The molecule has 0 saturated heterocycles. The lowest BCUT2D eigenvalue weighted by atomic mass is 10.1. The molecule has 0 spiro atoms. The molecule has 0 fully saturated rings. The predicted molar refractivity (Wildman–Crippen MR) is 98.4 cm³/mol. The van der Waals surface area contributed by atoms with E-state index in [-0.39, 0.29) is 24.0 Å². The summed E-state index contributed by atoms with van der Waals surface area (Å²) in [6.07, 6.45) is 5.89. The number of aliphatic imine (C=N–C) groups is 1. The topological polar surface area (TPSA) is 36.4 Å². The maximum atomic E-state index is 6.10. The molecule has 0 radical (unpaired) electrons. The van der Waals surface area contributed by atoms with Crippen molar-refractivity contribution in [1.29, 1.82) is 0 Å². The van der Waals surface area contributed by atoms with Gasteiger partial charge in [0, 0.05) is 23.1 Å². The second-order valence-corrected chi connectivity index (χ2v) is 4.58. The van der Waals surface area contributed by atoms with E-state index in [4.69, 9.17) is 29.6 Å². The first-order valence-corrected chi connectivity index (χ1v) is 6.83. The molecule has 0 heterocycles. The van der Waals surface area contributed by atoms with E-state index >= 15 is 0 Å². The first-order valence-electron chi connectivity index (χ1n) is 6.07. The molecular weight excluding hydrogens is 408 g/mol. The summed E-state index contributed by atoms with van der Waals surface area (Å²) in [7, 11) is 0. The maximum Gasteiger partial charge on any atom is 0.192 e. The largest absolute Gasteiger partial charge is 0.357 e. The highest BCUT2D eigenvalue weighted by Gasteiger charge is 2.04. The van der Waals surface area contributed by atoms with Gasteiger partial charge in [0.2, 0.25) is 0 Å². The first-order chi connectivity index (χ1) is 9.19. The van der Waals surface area contributed by atoms with Crippen LogP contribution in [0, 0.1) is 12.3 Å². The molecule has 1 rings (SSSR count). The summed E-state index contributed by atoms with van der Waals surface area (Å²) in [5.74, 6) is 3.21. The zero-order valence-electron chi connectivity index (χ0n) is 11.2. The average molecular weight is 426 g/mol. The standard InChI is InChI=1S/C14H17Cl2N3.HI/c1-3-9-18-14(17-4-2)19-10-8-11-12(15)6-5-7-13(11)16;/h1,5-7H,4,8-10H2,2H3,(H2,17,18,19);1H. The molecule has 0 saturated carbocycles. The number of benzene rings is 1. The smallest absolute Gasteiger partial charge is 0.192 e. The molecule has 0 unspecified atom stereocenters. The molecule has 0 atom stereocenters. The van der Waals surface area contributed by atoms with Crippen LogP contribution in [0.1, 0.15) is 12.5 Å². The fraction of sp³-hybridized carbons (Fsp3) is 0.357. The third-order valence-electron chi connectivity index (χ3n) is 2.40. The summed E-state index contributed by atoms with van der Waals surface area (Å²) >= 11 is 12.2. The van der Waals surface area contributed by atoms with Gasteiger partial charge in [-0.3, -0.25) is 4.99 Å². The quantitative estimate of drug-likeness (QED) is 0.328. The van der Waals surface area contributed by atoms with Gasteiger partial charge in [-0.05, 0) is 31.0 Å². The van der Waals surface area contributed by atoms with Crippen LogP contribution in [0.5, 0.6) is 0 Å². The Morgan fingerprint density at radius 3 is 2.50 bits per heavy atom. The Balaban J connectivity index is 0.00000361. The molecule has 0 aromatic heterocycles. The van der Waals surface area contributed by atoms with Crippen LogP contribution >= 0.6 is 47.2 Å². The second-order valence-electron chi connectivity index (χ2n) is 3.77. The minimum absolute atomic E-state index is 0. The molecule has 6 heteroatoms. The van der Waals surface area contributed by atoms with Crippen LogP contribution in [0.25, 0.3) is 0 Å². The van der Waals surface area contributed by atoms with E-state index in [9.17, 15) is 0 Å². The highest BCUT2D eigenvalue weighted by Crippen LogP contribution is 2.24. The summed E-state index contributed by atoms with van der Waals surface area (Å²) in [5, 5.41) is 7.47. The molecular formula is C14H18Cl2IN3. The van der Waals surface area contributed by atoms with E-state index < -0.39 is 0 Å². The predicted octanol–water partition coefficient (Wildman–Crippen LogP) is 3.34. The lowest BCUT2D eigenvalue weighted by Crippen LogP contribution is -2.37. The van der Waals surface area contributed by atoms with Gasteiger partial charge >= 0.3 is 0 Å². The van der Waals surface area contributed by atoms with Crippen LogP contribution in [-0.4, -0.2) is 25.6 Å². The van der Waals surface area contributed by atoms with Crippen molar-refractivity contribution < 1.29 is 0 Å². The summed E-state index contributed by atoms with van der Waals surface area (Å²) < 4.78 is 0. The van der Waals surface area contributed by atoms with Gasteiger partial charge < -0.3 is 10.6 Å². The molecule has 0 aliphatic carbocycles. The van der Waals surface area contributed by atoms with Gasteiger partial charge in [-0.15, -0.1) is 30.4 Å². The van der Waals surface area contributed by atoms with Crippen LogP contribution in [0.15, 0.2) is 23.2 Å². The average Bonchev–Trinajstić information content (AvgIpc) is 2.39. The van der Waals surface area contributed by atoms with Crippen molar-refractivity contribution in [2.45, 2.75) is 13.3 Å². The normalized spacial score (nSPS) is 10.4. The summed E-state index contributed by atoms with van der Waals surface area (Å²) in [4.78, 5) is 4.41. The van der Waals surface area contributed by atoms with Gasteiger partial charge in [0.1, 0.15) is 0 Å². The third kappa shape index (κ3) is 6.69. The molecule has 110 valence electrons. The fourth-order valence-corrected chi connectivity index (χ4v) is 2.11. The van der Waals surface area contributed by atoms with Crippen LogP contribution in [0.2, 0.25) is 10.0 Å². The van der Waals surface area contributed by atoms with Crippen LogP contribution in [0.4, 0.5) is 0 Å². The van der Waals surface area contributed by atoms with Crippen molar-refractivity contribution in [2.75, 3.05) is 19.6 Å². The number of hydrogen-bond acceptors (Lipinski definition) is 1. The van der Waals surface area contributed by atoms with E-state index in [1.165, 1.54) is 0 Å². The minimum Gasteiger partial charge on any atom is -0.357 e. The van der Waals surface area contributed by atoms with Gasteiger partial charge in [-0.2, -0.15) is 0 Å². The maximum absolute atomic E-state index is 6.10. The number of nitrogens with one attached hydrogen (secondary N) is 2. The Bertz CT molecular complexity index is 464. The lowest BCUT2D eigenvalue weighted by Gasteiger charge is -2.09. The Morgan fingerprint density at radius 2 is 1.95 bits per heavy atom. The Hall–Kier alpha value is -0.640. The van der Waals surface area contributed by atoms with E-state index in [0.29, 0.717) is 35.5 Å². The number of guanidine groups is 1. The Kier molecular flexibility index (Phi) is 10.7. The molecule has 0 aliphatic rings. The highest BCUT2D eigenvalue weighted by atomic mass is 127. The monoisotopic (exact) mass is 425 g/mol. The highest BCUT2D eigenvalue weighted by molar-refractivity contribution is 14.0. The third-order valence-corrected chi connectivity index (χ3v) is 3.10. The summed E-state index contributed by atoms with van der Waals surface area (Å²) in [6.45, 7) is 3.81.